The van der Waals surface area contributed by atoms with Crippen LogP contribution in [0.2, 0.25) is 0 Å². The van der Waals surface area contributed by atoms with Crippen LogP contribution in [-0.2, 0) is 10.6 Å². The lowest BCUT2D eigenvalue weighted by Crippen LogP contribution is -2.28. The Morgan fingerprint density at radius 1 is 1.56 bits per heavy atom. The van der Waals surface area contributed by atoms with Crippen LogP contribution in [0.4, 0.5) is 5.69 Å². The zero-order valence-corrected chi connectivity index (χ0v) is 10.6. The van der Waals surface area contributed by atoms with Crippen molar-refractivity contribution in [3.63, 3.8) is 0 Å². The van der Waals surface area contributed by atoms with E-state index in [1.807, 2.05) is 0 Å². The van der Waals surface area contributed by atoms with Gasteiger partial charge in [-0.15, -0.1) is 11.6 Å². The molecular weight excluding hydrogens is 258 g/mol. The normalized spacial score (nSPS) is 19.5. The number of hydrogen-bond donors (Lipinski definition) is 0. The molecule has 98 valence electrons. The van der Waals surface area contributed by atoms with E-state index in [4.69, 9.17) is 21.1 Å². The monoisotopic (exact) mass is 271 g/mol. The van der Waals surface area contributed by atoms with Crippen LogP contribution in [-0.4, -0.2) is 24.2 Å². The Morgan fingerprint density at radius 3 is 3.00 bits per heavy atom. The third-order valence-electron chi connectivity index (χ3n) is 2.81. The smallest absolute Gasteiger partial charge is 0.270 e. The highest BCUT2D eigenvalue weighted by Gasteiger charge is 2.18. The minimum atomic E-state index is -0.441. The molecule has 1 heterocycles. The van der Waals surface area contributed by atoms with Crippen molar-refractivity contribution in [1.82, 2.24) is 0 Å². The van der Waals surface area contributed by atoms with Crippen LogP contribution < -0.4 is 4.74 Å². The molecule has 0 aliphatic carbocycles. The van der Waals surface area contributed by atoms with E-state index in [1.54, 1.807) is 6.07 Å². The summed E-state index contributed by atoms with van der Waals surface area (Å²) < 4.78 is 11.1. The average molecular weight is 272 g/mol. The molecule has 0 spiro atoms. The van der Waals surface area contributed by atoms with Crippen molar-refractivity contribution in [2.24, 2.45) is 0 Å². The van der Waals surface area contributed by atoms with Gasteiger partial charge in [-0.2, -0.15) is 0 Å². The first-order valence-corrected chi connectivity index (χ1v) is 6.32. The molecular formula is C12H14ClNO4. The van der Waals surface area contributed by atoms with Crippen LogP contribution >= 0.6 is 11.6 Å². The zero-order chi connectivity index (χ0) is 13.0. The van der Waals surface area contributed by atoms with Gasteiger partial charge in [0.25, 0.3) is 5.69 Å². The quantitative estimate of drug-likeness (QED) is 0.480. The second-order valence-corrected chi connectivity index (χ2v) is 4.41. The maximum absolute atomic E-state index is 10.7. The number of nitro benzene ring substituents is 1. The minimum absolute atomic E-state index is 0.00201. The van der Waals surface area contributed by atoms with Crippen LogP contribution in [0.5, 0.6) is 5.75 Å². The molecule has 0 aromatic heterocycles. The van der Waals surface area contributed by atoms with E-state index in [2.05, 4.69) is 0 Å². The molecule has 5 nitrogen and oxygen atoms in total. The summed E-state index contributed by atoms with van der Waals surface area (Å²) in [4.78, 5) is 10.2. The van der Waals surface area contributed by atoms with Gasteiger partial charge < -0.3 is 9.47 Å². The first kappa shape index (κ1) is 13.1. The van der Waals surface area contributed by atoms with Crippen molar-refractivity contribution >= 4 is 17.3 Å². The van der Waals surface area contributed by atoms with Gasteiger partial charge in [0.15, 0.2) is 0 Å². The predicted octanol–water partition coefficient (Wildman–Crippen LogP) is 2.89. The molecule has 1 unspecified atom stereocenters. The summed E-state index contributed by atoms with van der Waals surface area (Å²) in [5, 5.41) is 10.7. The molecule has 0 bridgehead atoms. The summed E-state index contributed by atoms with van der Waals surface area (Å²) in [5.74, 6) is 0.788. The molecule has 6 heteroatoms. The fourth-order valence-electron chi connectivity index (χ4n) is 1.88. The van der Waals surface area contributed by atoms with Gasteiger partial charge in [-0.25, -0.2) is 0 Å². The van der Waals surface area contributed by atoms with Gasteiger partial charge in [0, 0.05) is 24.3 Å². The molecule has 1 aliphatic rings. The Kier molecular flexibility index (Phi) is 4.38. The largest absolute Gasteiger partial charge is 0.488 e. The molecule has 0 N–H and O–H groups in total. The molecule has 2 rings (SSSR count). The lowest BCUT2D eigenvalue weighted by Gasteiger charge is -2.24. The van der Waals surface area contributed by atoms with E-state index in [0.717, 1.165) is 19.4 Å². The highest BCUT2D eigenvalue weighted by Crippen LogP contribution is 2.27. The first-order valence-electron chi connectivity index (χ1n) is 5.78. The van der Waals surface area contributed by atoms with Crippen molar-refractivity contribution in [3.05, 3.63) is 33.9 Å². The van der Waals surface area contributed by atoms with Crippen molar-refractivity contribution in [1.29, 1.82) is 0 Å². The molecule has 0 saturated carbocycles. The van der Waals surface area contributed by atoms with E-state index >= 15 is 0 Å². The van der Waals surface area contributed by atoms with Crippen molar-refractivity contribution in [3.8, 4) is 5.75 Å². The van der Waals surface area contributed by atoms with Crippen LogP contribution in [0, 0.1) is 10.1 Å². The van der Waals surface area contributed by atoms with Gasteiger partial charge in [-0.05, 0) is 18.9 Å². The number of nitro groups is 1. The first-order chi connectivity index (χ1) is 8.70. The van der Waals surface area contributed by atoms with Crippen molar-refractivity contribution in [2.75, 3.05) is 13.2 Å². The SMILES string of the molecule is O=[N+]([O-])c1ccc(OC2CCCOC2)c(CCl)c1. The molecule has 1 aromatic carbocycles. The molecule has 18 heavy (non-hydrogen) atoms. The third-order valence-corrected chi connectivity index (χ3v) is 3.10. The topological polar surface area (TPSA) is 61.6 Å². The fraction of sp³-hybridized carbons (Fsp3) is 0.500. The summed E-state index contributed by atoms with van der Waals surface area (Å²) in [6, 6.07) is 4.48. The van der Waals surface area contributed by atoms with E-state index in [0.29, 0.717) is 17.9 Å². The standard InChI is InChI=1S/C12H14ClNO4/c13-7-9-6-10(14(15)16)3-4-12(9)18-11-2-1-5-17-8-11/h3-4,6,11H,1-2,5,7-8H2. The van der Waals surface area contributed by atoms with E-state index < -0.39 is 4.92 Å². The maximum Gasteiger partial charge on any atom is 0.270 e. The van der Waals surface area contributed by atoms with Gasteiger partial charge in [0.1, 0.15) is 11.9 Å². The number of benzene rings is 1. The number of halogens is 1. The van der Waals surface area contributed by atoms with E-state index in [1.165, 1.54) is 12.1 Å². The lowest BCUT2D eigenvalue weighted by molar-refractivity contribution is -0.384. The highest BCUT2D eigenvalue weighted by atomic mass is 35.5. The van der Waals surface area contributed by atoms with Crippen molar-refractivity contribution in [2.45, 2.75) is 24.8 Å². The number of non-ortho nitro benzene ring substituents is 1. The average Bonchev–Trinajstić information content (AvgIpc) is 2.40. The summed E-state index contributed by atoms with van der Waals surface area (Å²) in [6.07, 6.45) is 1.90. The van der Waals surface area contributed by atoms with Gasteiger partial charge in [-0.3, -0.25) is 10.1 Å². The fourth-order valence-corrected chi connectivity index (χ4v) is 2.09. The van der Waals surface area contributed by atoms with Crippen molar-refractivity contribution < 1.29 is 14.4 Å². The number of hydrogen-bond acceptors (Lipinski definition) is 4. The lowest BCUT2D eigenvalue weighted by atomic mass is 10.1. The predicted molar refractivity (Wildman–Crippen MR) is 67.1 cm³/mol. The molecule has 1 aliphatic heterocycles. The second kappa shape index (κ2) is 6.02. The van der Waals surface area contributed by atoms with Gasteiger partial charge >= 0.3 is 0 Å². The van der Waals surface area contributed by atoms with Crippen LogP contribution in [0.1, 0.15) is 18.4 Å². The summed E-state index contributed by atoms with van der Waals surface area (Å²) in [6.45, 7) is 1.32. The van der Waals surface area contributed by atoms with Gasteiger partial charge in [-0.1, -0.05) is 0 Å². The van der Waals surface area contributed by atoms with Crippen LogP contribution in [0.25, 0.3) is 0 Å². The Bertz CT molecular complexity index is 432. The van der Waals surface area contributed by atoms with E-state index in [9.17, 15) is 10.1 Å². The van der Waals surface area contributed by atoms with Gasteiger partial charge in [0.05, 0.1) is 17.4 Å². The van der Waals surface area contributed by atoms with Crippen LogP contribution in [0.3, 0.4) is 0 Å². The van der Waals surface area contributed by atoms with Gasteiger partial charge in [0.2, 0.25) is 0 Å². The summed E-state index contributed by atoms with van der Waals surface area (Å²) in [7, 11) is 0. The number of ether oxygens (including phenoxy) is 2. The number of nitrogens with zero attached hydrogens (tertiary/aromatic N) is 1. The van der Waals surface area contributed by atoms with Crippen LogP contribution in [0.15, 0.2) is 18.2 Å². The Balaban J connectivity index is 2.13. The Hall–Kier alpha value is -1.33. The molecule has 0 radical (unpaired) electrons. The Morgan fingerprint density at radius 2 is 2.39 bits per heavy atom. The maximum atomic E-state index is 10.7. The second-order valence-electron chi connectivity index (χ2n) is 4.14. The number of alkyl halides is 1. The molecule has 1 fully saturated rings. The summed E-state index contributed by atoms with van der Waals surface area (Å²) in [5.41, 5.74) is 0.661. The zero-order valence-electron chi connectivity index (χ0n) is 9.80. The summed E-state index contributed by atoms with van der Waals surface area (Å²) >= 11 is 5.79. The third kappa shape index (κ3) is 3.11. The Labute approximate surface area is 110 Å². The molecule has 0 amide bonds. The minimum Gasteiger partial charge on any atom is -0.488 e. The number of rotatable bonds is 4. The van der Waals surface area contributed by atoms with E-state index in [-0.39, 0.29) is 17.7 Å². The molecule has 1 atom stereocenters. The molecule has 1 saturated heterocycles. The highest BCUT2D eigenvalue weighted by molar-refractivity contribution is 6.17. The molecule has 1 aromatic rings.